The van der Waals surface area contributed by atoms with Crippen LogP contribution in [0, 0.1) is 11.8 Å². The maximum absolute atomic E-state index is 12.6. The van der Waals surface area contributed by atoms with Crippen LogP contribution >= 0.6 is 0 Å². The van der Waals surface area contributed by atoms with Crippen molar-refractivity contribution >= 4 is 28.4 Å². The summed E-state index contributed by atoms with van der Waals surface area (Å²) in [5, 5.41) is 3.82. The average molecular weight is 461 g/mol. The first-order valence-electron chi connectivity index (χ1n) is 11.6. The summed E-state index contributed by atoms with van der Waals surface area (Å²) >= 11 is 0. The van der Waals surface area contributed by atoms with E-state index in [0.717, 1.165) is 46.1 Å². The Morgan fingerprint density at radius 2 is 1.83 bits per heavy atom. The number of carbonyl (C=O) groups excluding carboxylic acids is 2. The largest absolute Gasteiger partial charge is 0.325 e. The molecule has 1 aliphatic rings. The first-order valence-corrected chi connectivity index (χ1v) is 11.6. The van der Waals surface area contributed by atoms with Crippen LogP contribution in [0.15, 0.2) is 79.3 Å². The molecule has 6 heteroatoms. The van der Waals surface area contributed by atoms with Crippen LogP contribution in [-0.2, 0) is 4.79 Å². The molecule has 1 atom stereocenters. The molecule has 6 nitrogen and oxygen atoms in total. The number of hydrogen-bond donors (Lipinski definition) is 1. The SMILES string of the molecule is CC#CC(=O)N1CCCC1c1cc(-c2ccc(C(=O)Nc3ccccc3)cc2)cc2cncnc12. The van der Waals surface area contributed by atoms with E-state index in [9.17, 15) is 9.59 Å². The lowest BCUT2D eigenvalue weighted by atomic mass is 9.94. The van der Waals surface area contributed by atoms with Crippen molar-refractivity contribution in [1.82, 2.24) is 14.9 Å². The monoisotopic (exact) mass is 460 g/mol. The first-order chi connectivity index (χ1) is 17.1. The van der Waals surface area contributed by atoms with Crippen LogP contribution in [0.25, 0.3) is 22.0 Å². The molecule has 0 radical (unpaired) electrons. The van der Waals surface area contributed by atoms with Crippen molar-refractivity contribution in [3.8, 4) is 23.0 Å². The van der Waals surface area contributed by atoms with Gasteiger partial charge in [-0.1, -0.05) is 36.3 Å². The van der Waals surface area contributed by atoms with Gasteiger partial charge >= 0.3 is 0 Å². The highest BCUT2D eigenvalue weighted by molar-refractivity contribution is 6.04. The summed E-state index contributed by atoms with van der Waals surface area (Å²) in [5.74, 6) is 5.09. The van der Waals surface area contributed by atoms with Gasteiger partial charge in [-0.3, -0.25) is 9.59 Å². The number of hydrogen-bond acceptors (Lipinski definition) is 4. The number of fused-ring (bicyclic) bond motifs is 1. The van der Waals surface area contributed by atoms with Crippen molar-refractivity contribution < 1.29 is 9.59 Å². The molecule has 1 fully saturated rings. The molecule has 0 spiro atoms. The van der Waals surface area contributed by atoms with Crippen molar-refractivity contribution in [2.45, 2.75) is 25.8 Å². The molecule has 2 heterocycles. The molecule has 0 aliphatic carbocycles. The van der Waals surface area contributed by atoms with Gasteiger partial charge in [0.15, 0.2) is 0 Å². The summed E-state index contributed by atoms with van der Waals surface area (Å²) in [7, 11) is 0. The van der Waals surface area contributed by atoms with Crippen LogP contribution in [0.2, 0.25) is 0 Å². The van der Waals surface area contributed by atoms with E-state index in [1.807, 2.05) is 65.6 Å². The average Bonchev–Trinajstić information content (AvgIpc) is 3.39. The van der Waals surface area contributed by atoms with Crippen molar-refractivity contribution in [1.29, 1.82) is 0 Å². The number of para-hydroxylation sites is 1. The zero-order valence-corrected chi connectivity index (χ0v) is 19.4. The molecule has 1 unspecified atom stereocenters. The maximum Gasteiger partial charge on any atom is 0.298 e. The number of aromatic nitrogens is 2. The van der Waals surface area contributed by atoms with Gasteiger partial charge in [-0.15, -0.1) is 0 Å². The summed E-state index contributed by atoms with van der Waals surface area (Å²) in [4.78, 5) is 35.9. The molecule has 3 aromatic carbocycles. The second-order valence-corrected chi connectivity index (χ2v) is 8.46. The highest BCUT2D eigenvalue weighted by atomic mass is 16.2. The Labute approximate surface area is 204 Å². The van der Waals surface area contributed by atoms with Gasteiger partial charge in [0.2, 0.25) is 0 Å². The van der Waals surface area contributed by atoms with Gasteiger partial charge in [0.05, 0.1) is 11.6 Å². The van der Waals surface area contributed by atoms with Crippen molar-refractivity contribution in [3.63, 3.8) is 0 Å². The smallest absolute Gasteiger partial charge is 0.298 e. The van der Waals surface area contributed by atoms with Crippen LogP contribution in [0.3, 0.4) is 0 Å². The predicted octanol–water partition coefficient (Wildman–Crippen LogP) is 5.24. The predicted molar refractivity (Wildman–Crippen MR) is 137 cm³/mol. The Hall–Kier alpha value is -4.50. The molecule has 5 rings (SSSR count). The minimum absolute atomic E-state index is 0.0865. The molecule has 0 bridgehead atoms. The van der Waals surface area contributed by atoms with E-state index in [4.69, 9.17) is 0 Å². The molecule has 1 N–H and O–H groups in total. The Balaban J connectivity index is 1.49. The summed E-state index contributed by atoms with van der Waals surface area (Å²) < 4.78 is 0. The highest BCUT2D eigenvalue weighted by Gasteiger charge is 2.31. The Kier molecular flexibility index (Phi) is 6.23. The number of anilines is 1. The summed E-state index contributed by atoms with van der Waals surface area (Å²) in [6, 6.07) is 21.0. The molecule has 1 saturated heterocycles. The maximum atomic E-state index is 12.6. The fourth-order valence-corrected chi connectivity index (χ4v) is 4.60. The lowest BCUT2D eigenvalue weighted by molar-refractivity contribution is -0.125. The minimum atomic E-state index is -0.160. The third-order valence-corrected chi connectivity index (χ3v) is 6.25. The zero-order valence-electron chi connectivity index (χ0n) is 19.4. The van der Waals surface area contributed by atoms with Crippen molar-refractivity contribution in [2.75, 3.05) is 11.9 Å². The molecule has 2 amide bonds. The van der Waals surface area contributed by atoms with E-state index in [1.54, 1.807) is 19.4 Å². The van der Waals surface area contributed by atoms with Crippen LogP contribution in [0.5, 0.6) is 0 Å². The van der Waals surface area contributed by atoms with E-state index in [0.29, 0.717) is 12.1 Å². The quantitative estimate of drug-likeness (QED) is 0.423. The Morgan fingerprint density at radius 3 is 2.60 bits per heavy atom. The molecular weight excluding hydrogens is 436 g/mol. The van der Waals surface area contributed by atoms with Crippen LogP contribution in [0.4, 0.5) is 5.69 Å². The molecule has 0 saturated carbocycles. The second-order valence-electron chi connectivity index (χ2n) is 8.46. The topological polar surface area (TPSA) is 75.2 Å². The van der Waals surface area contributed by atoms with Gasteiger partial charge in [-0.2, -0.15) is 0 Å². The number of nitrogens with zero attached hydrogens (tertiary/aromatic N) is 3. The Bertz CT molecular complexity index is 1450. The van der Waals surface area contributed by atoms with Gasteiger partial charge in [-0.05, 0) is 73.2 Å². The van der Waals surface area contributed by atoms with Crippen LogP contribution < -0.4 is 5.32 Å². The fraction of sp³-hybridized carbons (Fsp3) is 0.172. The molecule has 4 aromatic rings. The highest BCUT2D eigenvalue weighted by Crippen LogP contribution is 2.38. The number of amides is 2. The number of likely N-dealkylation sites (tertiary alicyclic amines) is 1. The summed E-state index contributed by atoms with van der Waals surface area (Å²) in [6.45, 7) is 2.36. The van der Waals surface area contributed by atoms with E-state index < -0.39 is 0 Å². The summed E-state index contributed by atoms with van der Waals surface area (Å²) in [6.07, 6.45) is 5.12. The van der Waals surface area contributed by atoms with Crippen LogP contribution in [0.1, 0.15) is 41.7 Å². The van der Waals surface area contributed by atoms with Crippen LogP contribution in [-0.4, -0.2) is 33.2 Å². The fourth-order valence-electron chi connectivity index (χ4n) is 4.60. The lowest BCUT2D eigenvalue weighted by Gasteiger charge is -2.24. The third kappa shape index (κ3) is 4.62. The first kappa shape index (κ1) is 22.3. The van der Waals surface area contributed by atoms with Gasteiger partial charge in [0.1, 0.15) is 6.33 Å². The Morgan fingerprint density at radius 1 is 1.03 bits per heavy atom. The number of rotatable bonds is 4. The third-order valence-electron chi connectivity index (χ3n) is 6.25. The molecule has 172 valence electrons. The van der Waals surface area contributed by atoms with Gasteiger partial charge in [0.25, 0.3) is 11.8 Å². The van der Waals surface area contributed by atoms with Gasteiger partial charge in [-0.25, -0.2) is 9.97 Å². The number of benzene rings is 3. The normalized spacial score (nSPS) is 14.9. The number of nitrogens with one attached hydrogen (secondary N) is 1. The van der Waals surface area contributed by atoms with Gasteiger partial charge < -0.3 is 10.2 Å². The molecule has 1 aromatic heterocycles. The lowest BCUT2D eigenvalue weighted by Crippen LogP contribution is -2.29. The van der Waals surface area contributed by atoms with E-state index in [-0.39, 0.29) is 17.9 Å². The van der Waals surface area contributed by atoms with Crippen molar-refractivity contribution in [3.05, 3.63) is 90.4 Å². The summed E-state index contributed by atoms with van der Waals surface area (Å²) in [5.41, 5.74) is 5.12. The van der Waals surface area contributed by atoms with E-state index in [2.05, 4.69) is 33.2 Å². The number of carbonyl (C=O) groups is 2. The zero-order chi connectivity index (χ0) is 24.2. The van der Waals surface area contributed by atoms with E-state index >= 15 is 0 Å². The molecule has 1 aliphatic heterocycles. The molecular formula is C29H24N4O2. The van der Waals surface area contributed by atoms with Crippen molar-refractivity contribution in [2.24, 2.45) is 0 Å². The minimum Gasteiger partial charge on any atom is -0.325 e. The second kappa shape index (κ2) is 9.78. The van der Waals surface area contributed by atoms with Gasteiger partial charge in [0, 0.05) is 34.9 Å². The van der Waals surface area contributed by atoms with E-state index in [1.165, 1.54) is 0 Å². The molecule has 35 heavy (non-hydrogen) atoms. The standard InChI is InChI=1S/C29H24N4O2/c1-2-7-27(34)33-15-6-10-26(33)25-17-22(16-23-18-30-19-31-28(23)25)20-11-13-21(14-12-20)29(35)32-24-8-4-3-5-9-24/h3-5,8-9,11-14,16-19,26H,6,10,15H2,1H3,(H,32,35).